The van der Waals surface area contributed by atoms with Crippen molar-refractivity contribution in [3.8, 4) is 22.6 Å². The summed E-state index contributed by atoms with van der Waals surface area (Å²) in [6, 6.07) is 48.4. The largest absolute Gasteiger partial charge is 2.00 e. The standard InChI is InChI=1S/C38H25N5.Pt/c1-4-14-27(15-5-1)35-26-42(28-16-6-2-7-17-28)37(41-35)24-33-30-20-10-11-21-31(30)34(39-33)25-38-40-32-22-12-13-23-36(32)43(38)29-18-8-3-9-19-29;/h1-14,16-26H;/q-2;+2/b33-24-,34-25-;. The van der Waals surface area contributed by atoms with Crippen LogP contribution in [0, 0.1) is 6.07 Å². The molecule has 0 saturated heterocycles. The first kappa shape index (κ1) is 27.6. The number of nitrogens with zero attached hydrogens (tertiary/aromatic N) is 5. The molecule has 0 unspecified atom stereocenters. The van der Waals surface area contributed by atoms with Crippen LogP contribution in [-0.4, -0.2) is 19.1 Å². The normalized spacial score (nSPS) is 12.2. The molecule has 0 aliphatic heterocycles. The number of benzene rings is 5. The molecule has 0 saturated carbocycles. The summed E-state index contributed by atoms with van der Waals surface area (Å²) < 4.78 is 4.30. The maximum Gasteiger partial charge on any atom is 2.00 e. The zero-order valence-corrected chi connectivity index (χ0v) is 25.8. The number of fused-ring (bicyclic) bond motifs is 2. The van der Waals surface area contributed by atoms with Gasteiger partial charge in [-0.1, -0.05) is 72.8 Å². The van der Waals surface area contributed by atoms with Crippen molar-refractivity contribution < 1.29 is 21.1 Å². The van der Waals surface area contributed by atoms with Gasteiger partial charge in [0.15, 0.2) is 0 Å². The maximum absolute atomic E-state index is 5.18. The van der Waals surface area contributed by atoms with Crippen LogP contribution >= 0.6 is 0 Å². The van der Waals surface area contributed by atoms with Crippen LogP contribution in [0.15, 0.2) is 140 Å². The Hall–Kier alpha value is -5.25. The van der Waals surface area contributed by atoms with Gasteiger partial charge in [0.05, 0.1) is 11.0 Å². The Morgan fingerprint density at radius 3 is 1.91 bits per heavy atom. The van der Waals surface area contributed by atoms with Crippen LogP contribution in [0.3, 0.4) is 0 Å². The van der Waals surface area contributed by atoms with Gasteiger partial charge in [0, 0.05) is 17.1 Å². The Balaban J connectivity index is 0.00000312. The maximum atomic E-state index is 5.18. The molecule has 0 bridgehead atoms. The molecule has 5 aromatic carbocycles. The van der Waals surface area contributed by atoms with Gasteiger partial charge in [-0.2, -0.15) is 0 Å². The van der Waals surface area contributed by atoms with Gasteiger partial charge in [-0.15, -0.1) is 46.6 Å². The SMILES string of the molecule is [Pt+2].[c-]1ccccc1-c1cn(-c2ccccc2)c(/C=c2\[n-]/c(=C\c3nc4ccccc4n3-c3ccccc3)c3ccccc23)n1. The zero-order chi connectivity index (χ0) is 28.6. The summed E-state index contributed by atoms with van der Waals surface area (Å²) in [6.45, 7) is 0. The molecule has 8 aromatic rings. The number of imidazole rings is 2. The fourth-order valence-electron chi connectivity index (χ4n) is 5.61. The van der Waals surface area contributed by atoms with Crippen LogP contribution in [0.25, 0.3) is 56.6 Å². The van der Waals surface area contributed by atoms with E-state index >= 15 is 0 Å². The molecule has 0 aliphatic rings. The quantitative estimate of drug-likeness (QED) is 0.191. The van der Waals surface area contributed by atoms with Crippen LogP contribution in [0.1, 0.15) is 11.6 Å². The van der Waals surface area contributed by atoms with Crippen molar-refractivity contribution in [2.24, 2.45) is 0 Å². The van der Waals surface area contributed by atoms with Crippen molar-refractivity contribution in [3.63, 3.8) is 0 Å². The number of rotatable bonds is 5. The van der Waals surface area contributed by atoms with Gasteiger partial charge in [-0.3, -0.25) is 9.55 Å². The third kappa shape index (κ3) is 5.02. The zero-order valence-electron chi connectivity index (χ0n) is 23.5. The number of hydrogen-bond acceptors (Lipinski definition) is 2. The second-order valence-corrected chi connectivity index (χ2v) is 10.3. The minimum absolute atomic E-state index is 0. The topological polar surface area (TPSA) is 49.7 Å². The molecule has 8 rings (SSSR count). The third-order valence-electron chi connectivity index (χ3n) is 7.61. The second kappa shape index (κ2) is 11.8. The van der Waals surface area contributed by atoms with E-state index < -0.39 is 0 Å². The van der Waals surface area contributed by atoms with Crippen LogP contribution in [0.2, 0.25) is 0 Å². The Labute approximate surface area is 268 Å². The number of para-hydroxylation sites is 4. The Bertz CT molecular complexity index is 2330. The van der Waals surface area contributed by atoms with E-state index in [0.717, 1.165) is 66.8 Å². The molecule has 3 heterocycles. The molecule has 0 spiro atoms. The Morgan fingerprint density at radius 1 is 0.591 bits per heavy atom. The summed E-state index contributed by atoms with van der Waals surface area (Å²) in [5.41, 5.74) is 5.88. The molecule has 0 fully saturated rings. The van der Waals surface area contributed by atoms with Crippen LogP contribution in [-0.2, 0) is 21.1 Å². The van der Waals surface area contributed by atoms with Crippen LogP contribution < -0.4 is 15.7 Å². The molecule has 5 nitrogen and oxygen atoms in total. The molecule has 3 aromatic heterocycles. The number of hydrogen-bond donors (Lipinski definition) is 0. The average Bonchev–Trinajstić information content (AvgIpc) is 3.76. The Morgan fingerprint density at radius 2 is 1.20 bits per heavy atom. The second-order valence-electron chi connectivity index (χ2n) is 10.3. The first-order valence-corrected chi connectivity index (χ1v) is 14.2. The molecule has 0 N–H and O–H groups in total. The summed E-state index contributed by atoms with van der Waals surface area (Å²) in [7, 11) is 0. The van der Waals surface area contributed by atoms with Gasteiger partial charge >= 0.3 is 21.1 Å². The predicted octanol–water partition coefficient (Wildman–Crippen LogP) is 6.44. The van der Waals surface area contributed by atoms with Crippen molar-refractivity contribution in [2.75, 3.05) is 0 Å². The molecule has 6 heteroatoms. The van der Waals surface area contributed by atoms with E-state index in [4.69, 9.17) is 15.0 Å². The molecule has 212 valence electrons. The smallest absolute Gasteiger partial charge is 0.657 e. The van der Waals surface area contributed by atoms with E-state index in [1.807, 2.05) is 78.9 Å². The van der Waals surface area contributed by atoms with Crippen molar-refractivity contribution in [1.82, 2.24) is 24.1 Å². The van der Waals surface area contributed by atoms with Crippen molar-refractivity contribution in [3.05, 3.63) is 168 Å². The monoisotopic (exact) mass is 746 g/mol. The van der Waals surface area contributed by atoms with Crippen molar-refractivity contribution in [2.45, 2.75) is 0 Å². The van der Waals surface area contributed by atoms with Gasteiger partial charge < -0.3 is 9.55 Å². The average molecular weight is 747 g/mol. The first-order valence-electron chi connectivity index (χ1n) is 14.2. The molecular weight excluding hydrogens is 722 g/mol. The van der Waals surface area contributed by atoms with E-state index in [0.29, 0.717) is 0 Å². The molecule has 0 amide bonds. The minimum Gasteiger partial charge on any atom is -0.657 e. The number of aromatic nitrogens is 5. The summed E-state index contributed by atoms with van der Waals surface area (Å²) in [5, 5.41) is 3.85. The first-order chi connectivity index (χ1) is 21.3. The molecule has 44 heavy (non-hydrogen) atoms. The molecular formula is C38H25N5Pt. The summed E-state index contributed by atoms with van der Waals surface area (Å²) in [6.07, 6.45) is 6.22. The summed E-state index contributed by atoms with van der Waals surface area (Å²) in [5.74, 6) is 1.62. The Kier molecular flexibility index (Phi) is 7.39. The fraction of sp³-hybridized carbons (Fsp3) is 0. The van der Waals surface area contributed by atoms with Gasteiger partial charge in [-0.05, 0) is 65.5 Å². The summed E-state index contributed by atoms with van der Waals surface area (Å²) >= 11 is 0. The van der Waals surface area contributed by atoms with Gasteiger partial charge in [0.1, 0.15) is 11.6 Å². The van der Waals surface area contributed by atoms with Gasteiger partial charge in [0.2, 0.25) is 0 Å². The third-order valence-corrected chi connectivity index (χ3v) is 7.61. The predicted molar refractivity (Wildman–Crippen MR) is 173 cm³/mol. The van der Waals surface area contributed by atoms with Crippen molar-refractivity contribution in [1.29, 1.82) is 0 Å². The van der Waals surface area contributed by atoms with Crippen LogP contribution in [0.4, 0.5) is 0 Å². The summed E-state index contributed by atoms with van der Waals surface area (Å²) in [4.78, 5) is 15.2. The van der Waals surface area contributed by atoms with E-state index in [-0.39, 0.29) is 21.1 Å². The molecule has 0 atom stereocenters. The van der Waals surface area contributed by atoms with Gasteiger partial charge in [0.25, 0.3) is 0 Å². The minimum atomic E-state index is 0. The molecule has 0 radical (unpaired) electrons. The molecule has 0 aliphatic carbocycles. The fourth-order valence-corrected chi connectivity index (χ4v) is 5.61. The van der Waals surface area contributed by atoms with E-state index in [1.165, 1.54) is 0 Å². The van der Waals surface area contributed by atoms with E-state index in [1.54, 1.807) is 0 Å². The van der Waals surface area contributed by atoms with E-state index in [9.17, 15) is 0 Å². The van der Waals surface area contributed by atoms with Crippen LogP contribution in [0.5, 0.6) is 0 Å². The van der Waals surface area contributed by atoms with E-state index in [2.05, 4.69) is 88.1 Å². The van der Waals surface area contributed by atoms with Crippen molar-refractivity contribution >= 4 is 34.0 Å². The van der Waals surface area contributed by atoms with Gasteiger partial charge in [-0.25, -0.2) is 4.98 Å².